The van der Waals surface area contributed by atoms with Crippen LogP contribution in [0.3, 0.4) is 0 Å². The zero-order valence-electron chi connectivity index (χ0n) is 13.7. The van der Waals surface area contributed by atoms with Crippen LogP contribution in [0.15, 0.2) is 30.9 Å². The summed E-state index contributed by atoms with van der Waals surface area (Å²) in [7, 11) is 0. The molecule has 0 spiro atoms. The molecule has 1 unspecified atom stereocenters. The molecular formula is C17H24FN5. The van der Waals surface area contributed by atoms with E-state index in [-0.39, 0.29) is 5.82 Å². The molecule has 2 aromatic rings. The molecule has 0 saturated carbocycles. The summed E-state index contributed by atoms with van der Waals surface area (Å²) >= 11 is 0. The second-order valence-corrected chi connectivity index (χ2v) is 6.38. The van der Waals surface area contributed by atoms with E-state index >= 15 is 0 Å². The van der Waals surface area contributed by atoms with Crippen LogP contribution in [0.25, 0.3) is 0 Å². The lowest BCUT2D eigenvalue weighted by molar-refractivity contribution is 0.348. The fraction of sp³-hybridized carbons (Fsp3) is 0.529. The minimum absolute atomic E-state index is 0.162. The predicted molar refractivity (Wildman–Crippen MR) is 89.0 cm³/mol. The van der Waals surface area contributed by atoms with Crippen LogP contribution in [-0.4, -0.2) is 39.9 Å². The summed E-state index contributed by atoms with van der Waals surface area (Å²) in [6.45, 7) is 6.98. The highest BCUT2D eigenvalue weighted by Crippen LogP contribution is 2.24. The molecule has 0 aliphatic carbocycles. The van der Waals surface area contributed by atoms with E-state index in [0.717, 1.165) is 43.7 Å². The van der Waals surface area contributed by atoms with Crippen LogP contribution in [0, 0.1) is 12.7 Å². The molecule has 1 N–H and O–H groups in total. The quantitative estimate of drug-likeness (QED) is 0.920. The molecule has 1 saturated heterocycles. The van der Waals surface area contributed by atoms with Crippen molar-refractivity contribution in [1.82, 2.24) is 20.1 Å². The lowest BCUT2D eigenvalue weighted by atomic mass is 10.0. The van der Waals surface area contributed by atoms with Crippen molar-refractivity contribution in [3.63, 3.8) is 0 Å². The van der Waals surface area contributed by atoms with Crippen LogP contribution in [0.5, 0.6) is 0 Å². The number of aromatic nitrogens is 3. The summed E-state index contributed by atoms with van der Waals surface area (Å²) in [5, 5.41) is 7.82. The highest BCUT2D eigenvalue weighted by atomic mass is 19.1. The molecule has 1 aromatic carbocycles. The van der Waals surface area contributed by atoms with Crippen LogP contribution in [0.4, 0.5) is 10.1 Å². The number of hydrogen-bond donors (Lipinski definition) is 1. The molecule has 1 atom stereocenters. The third-order valence-corrected chi connectivity index (χ3v) is 4.44. The molecule has 2 heterocycles. The predicted octanol–water partition coefficient (Wildman–Crippen LogP) is 2.37. The molecule has 1 aromatic heterocycles. The Hall–Kier alpha value is -1.95. The van der Waals surface area contributed by atoms with E-state index in [4.69, 9.17) is 0 Å². The Morgan fingerprint density at radius 1 is 1.35 bits per heavy atom. The SMILES string of the molecule is Cc1cc(F)ccc1N1CCC(NC(C)Cn2cncn2)CC1. The number of piperidine rings is 1. The minimum atomic E-state index is -0.162. The highest BCUT2D eigenvalue weighted by molar-refractivity contribution is 5.53. The number of benzene rings is 1. The maximum atomic E-state index is 13.2. The van der Waals surface area contributed by atoms with Gasteiger partial charge in [0.05, 0.1) is 6.54 Å². The number of halogens is 1. The average molecular weight is 317 g/mol. The van der Waals surface area contributed by atoms with Gasteiger partial charge < -0.3 is 10.2 Å². The standard InChI is InChI=1S/C17H24FN5/c1-13-9-15(18)3-4-17(13)22-7-5-16(6-8-22)21-14(2)10-23-12-19-11-20-23/h3-4,9,11-12,14,16,21H,5-8,10H2,1-2H3. The largest absolute Gasteiger partial charge is 0.371 e. The summed E-state index contributed by atoms with van der Waals surface area (Å²) in [5.74, 6) is -0.162. The van der Waals surface area contributed by atoms with Crippen LogP contribution in [-0.2, 0) is 6.54 Å². The van der Waals surface area contributed by atoms with Crippen LogP contribution < -0.4 is 10.2 Å². The first-order valence-corrected chi connectivity index (χ1v) is 8.21. The van der Waals surface area contributed by atoms with Gasteiger partial charge in [-0.25, -0.2) is 9.37 Å². The summed E-state index contributed by atoms with van der Waals surface area (Å²) in [6.07, 6.45) is 5.51. The van der Waals surface area contributed by atoms with Gasteiger partial charge in [0.25, 0.3) is 0 Å². The van der Waals surface area contributed by atoms with Gasteiger partial charge >= 0.3 is 0 Å². The van der Waals surface area contributed by atoms with Crippen molar-refractivity contribution in [2.24, 2.45) is 0 Å². The van der Waals surface area contributed by atoms with Crippen molar-refractivity contribution >= 4 is 5.69 Å². The molecular weight excluding hydrogens is 293 g/mol. The number of nitrogens with zero attached hydrogens (tertiary/aromatic N) is 4. The summed E-state index contributed by atoms with van der Waals surface area (Å²) in [4.78, 5) is 6.33. The molecule has 0 amide bonds. The first kappa shape index (κ1) is 15.9. The smallest absolute Gasteiger partial charge is 0.137 e. The van der Waals surface area contributed by atoms with E-state index in [2.05, 4.69) is 27.2 Å². The van der Waals surface area contributed by atoms with Gasteiger partial charge in [-0.1, -0.05) is 0 Å². The van der Waals surface area contributed by atoms with E-state index in [1.54, 1.807) is 24.8 Å². The molecule has 124 valence electrons. The minimum Gasteiger partial charge on any atom is -0.371 e. The van der Waals surface area contributed by atoms with Crippen LogP contribution in [0.2, 0.25) is 0 Å². The number of nitrogens with one attached hydrogen (secondary N) is 1. The molecule has 1 aliphatic rings. The van der Waals surface area contributed by atoms with Crippen molar-refractivity contribution in [2.75, 3.05) is 18.0 Å². The van der Waals surface area contributed by atoms with Crippen molar-refractivity contribution < 1.29 is 4.39 Å². The Morgan fingerprint density at radius 3 is 2.78 bits per heavy atom. The molecule has 23 heavy (non-hydrogen) atoms. The topological polar surface area (TPSA) is 46.0 Å². The third-order valence-electron chi connectivity index (χ3n) is 4.44. The maximum Gasteiger partial charge on any atom is 0.137 e. The molecule has 5 nitrogen and oxygen atoms in total. The summed E-state index contributed by atoms with van der Waals surface area (Å²) in [5.41, 5.74) is 2.16. The Bertz CT molecular complexity index is 620. The van der Waals surface area contributed by atoms with Crippen LogP contribution >= 0.6 is 0 Å². The van der Waals surface area contributed by atoms with Gasteiger partial charge in [0, 0.05) is 30.9 Å². The first-order chi connectivity index (χ1) is 11.1. The second kappa shape index (κ2) is 7.08. The molecule has 6 heteroatoms. The first-order valence-electron chi connectivity index (χ1n) is 8.21. The molecule has 1 fully saturated rings. The zero-order chi connectivity index (χ0) is 16.2. The third kappa shape index (κ3) is 4.07. The highest BCUT2D eigenvalue weighted by Gasteiger charge is 2.21. The zero-order valence-corrected chi connectivity index (χ0v) is 13.7. The van der Waals surface area contributed by atoms with Crippen LogP contribution in [0.1, 0.15) is 25.3 Å². The second-order valence-electron chi connectivity index (χ2n) is 6.38. The Balaban J connectivity index is 1.50. The Labute approximate surface area is 136 Å². The molecule has 0 bridgehead atoms. The Morgan fingerprint density at radius 2 is 2.13 bits per heavy atom. The maximum absolute atomic E-state index is 13.2. The van der Waals surface area contributed by atoms with E-state index in [1.807, 2.05) is 17.7 Å². The van der Waals surface area contributed by atoms with Gasteiger partial charge in [0.15, 0.2) is 0 Å². The number of aryl methyl sites for hydroxylation is 1. The Kier molecular flexibility index (Phi) is 4.91. The normalized spacial score (nSPS) is 17.4. The molecule has 1 aliphatic heterocycles. The van der Waals surface area contributed by atoms with Gasteiger partial charge in [-0.05, 0) is 50.5 Å². The lowest BCUT2D eigenvalue weighted by Crippen LogP contribution is -2.46. The van der Waals surface area contributed by atoms with Crippen molar-refractivity contribution in [2.45, 2.75) is 45.3 Å². The van der Waals surface area contributed by atoms with E-state index in [1.165, 1.54) is 0 Å². The van der Waals surface area contributed by atoms with Gasteiger partial charge in [0.2, 0.25) is 0 Å². The number of hydrogen-bond acceptors (Lipinski definition) is 4. The molecule has 3 rings (SSSR count). The number of rotatable bonds is 5. The van der Waals surface area contributed by atoms with Gasteiger partial charge in [0.1, 0.15) is 18.5 Å². The summed E-state index contributed by atoms with van der Waals surface area (Å²) < 4.78 is 15.1. The fourth-order valence-electron chi connectivity index (χ4n) is 3.32. The monoisotopic (exact) mass is 317 g/mol. The van der Waals surface area contributed by atoms with Gasteiger partial charge in [-0.3, -0.25) is 4.68 Å². The van der Waals surface area contributed by atoms with E-state index in [0.29, 0.717) is 12.1 Å². The van der Waals surface area contributed by atoms with Crippen molar-refractivity contribution in [3.8, 4) is 0 Å². The fourth-order valence-corrected chi connectivity index (χ4v) is 3.32. The van der Waals surface area contributed by atoms with E-state index < -0.39 is 0 Å². The lowest BCUT2D eigenvalue weighted by Gasteiger charge is -2.36. The van der Waals surface area contributed by atoms with Crippen molar-refractivity contribution in [1.29, 1.82) is 0 Å². The molecule has 0 radical (unpaired) electrons. The average Bonchev–Trinajstić information content (AvgIpc) is 3.01. The van der Waals surface area contributed by atoms with Crippen molar-refractivity contribution in [3.05, 3.63) is 42.2 Å². The van der Waals surface area contributed by atoms with Gasteiger partial charge in [-0.2, -0.15) is 5.10 Å². The summed E-state index contributed by atoms with van der Waals surface area (Å²) in [6, 6.07) is 5.93. The van der Waals surface area contributed by atoms with Gasteiger partial charge in [-0.15, -0.1) is 0 Å². The number of anilines is 1. The van der Waals surface area contributed by atoms with E-state index in [9.17, 15) is 4.39 Å².